The van der Waals surface area contributed by atoms with Crippen LogP contribution in [0.2, 0.25) is 0 Å². The number of carbonyl (C=O) groups is 1. The van der Waals surface area contributed by atoms with Gasteiger partial charge in [-0.15, -0.1) is 0 Å². The summed E-state index contributed by atoms with van der Waals surface area (Å²) in [4.78, 5) is 11.7. The predicted molar refractivity (Wildman–Crippen MR) is 65.5 cm³/mol. The van der Waals surface area contributed by atoms with Crippen molar-refractivity contribution in [3.05, 3.63) is 35.8 Å². The molecule has 0 aromatic heterocycles. The van der Waals surface area contributed by atoms with E-state index in [1.807, 2.05) is 25.2 Å². The van der Waals surface area contributed by atoms with Gasteiger partial charge in [0, 0.05) is 4.91 Å². The van der Waals surface area contributed by atoms with E-state index in [1.165, 1.54) is 11.9 Å². The lowest BCUT2D eigenvalue weighted by atomic mass is 10.1. The van der Waals surface area contributed by atoms with Crippen LogP contribution in [0.25, 0.3) is 0 Å². The first-order valence-corrected chi connectivity index (χ1v) is 5.38. The van der Waals surface area contributed by atoms with Crippen LogP contribution in [-0.4, -0.2) is 16.6 Å². The molecule has 0 aliphatic carbocycles. The van der Waals surface area contributed by atoms with Crippen molar-refractivity contribution in [1.29, 1.82) is 0 Å². The normalized spacial score (nSPS) is 13.1. The van der Waals surface area contributed by atoms with E-state index in [1.54, 1.807) is 19.9 Å². The SMILES string of the molecule is C=C/C(=C\C=C/C)SNC(C)(C)C(=O)O. The van der Waals surface area contributed by atoms with Gasteiger partial charge in [0.1, 0.15) is 5.54 Å². The second kappa shape index (κ2) is 6.48. The number of carboxylic acids is 1. The van der Waals surface area contributed by atoms with Crippen LogP contribution in [0.5, 0.6) is 0 Å². The molecule has 15 heavy (non-hydrogen) atoms. The first kappa shape index (κ1) is 14.0. The molecule has 2 N–H and O–H groups in total. The molecule has 0 saturated heterocycles. The second-order valence-corrected chi connectivity index (χ2v) is 4.31. The summed E-state index contributed by atoms with van der Waals surface area (Å²) in [6, 6.07) is 0. The van der Waals surface area contributed by atoms with Crippen LogP contribution in [0.1, 0.15) is 20.8 Å². The van der Waals surface area contributed by atoms with E-state index in [2.05, 4.69) is 11.3 Å². The van der Waals surface area contributed by atoms with Crippen molar-refractivity contribution in [2.45, 2.75) is 26.3 Å². The van der Waals surface area contributed by atoms with Gasteiger partial charge in [0.25, 0.3) is 0 Å². The largest absolute Gasteiger partial charge is 0.480 e. The fraction of sp³-hybridized carbons (Fsp3) is 0.364. The van der Waals surface area contributed by atoms with Gasteiger partial charge in [-0.2, -0.15) is 0 Å². The van der Waals surface area contributed by atoms with Crippen LogP contribution in [0.3, 0.4) is 0 Å². The first-order valence-electron chi connectivity index (χ1n) is 4.57. The average Bonchev–Trinajstić information content (AvgIpc) is 2.18. The van der Waals surface area contributed by atoms with E-state index in [-0.39, 0.29) is 0 Å². The third-order valence-electron chi connectivity index (χ3n) is 1.61. The minimum atomic E-state index is -0.956. The fourth-order valence-electron chi connectivity index (χ4n) is 0.565. The molecule has 0 aliphatic rings. The maximum absolute atomic E-state index is 10.8. The van der Waals surface area contributed by atoms with Crippen LogP contribution >= 0.6 is 11.9 Å². The number of aliphatic carboxylic acids is 1. The summed E-state index contributed by atoms with van der Waals surface area (Å²) >= 11 is 1.26. The summed E-state index contributed by atoms with van der Waals surface area (Å²) < 4.78 is 2.86. The number of allylic oxidation sites excluding steroid dienone is 4. The van der Waals surface area contributed by atoms with E-state index in [4.69, 9.17) is 5.11 Å². The molecule has 0 heterocycles. The number of carboxylic acid groups (broad SMARTS) is 1. The third kappa shape index (κ3) is 5.44. The monoisotopic (exact) mass is 227 g/mol. The lowest BCUT2D eigenvalue weighted by Gasteiger charge is -2.20. The second-order valence-electron chi connectivity index (χ2n) is 3.43. The Bertz CT molecular complexity index is 293. The highest BCUT2D eigenvalue weighted by Crippen LogP contribution is 2.17. The van der Waals surface area contributed by atoms with Gasteiger partial charge in [0.15, 0.2) is 0 Å². The van der Waals surface area contributed by atoms with E-state index in [0.717, 1.165) is 4.91 Å². The van der Waals surface area contributed by atoms with Crippen LogP contribution in [-0.2, 0) is 4.79 Å². The Morgan fingerprint density at radius 3 is 2.53 bits per heavy atom. The minimum Gasteiger partial charge on any atom is -0.480 e. The number of nitrogens with one attached hydrogen (secondary N) is 1. The molecule has 84 valence electrons. The Balaban J connectivity index is 4.36. The molecule has 0 bridgehead atoms. The minimum absolute atomic E-state index is 0.877. The van der Waals surface area contributed by atoms with Gasteiger partial charge in [-0.05, 0) is 38.8 Å². The van der Waals surface area contributed by atoms with Crippen LogP contribution < -0.4 is 4.72 Å². The maximum atomic E-state index is 10.8. The molecule has 4 heteroatoms. The van der Waals surface area contributed by atoms with Gasteiger partial charge in [0.05, 0.1) is 0 Å². The summed E-state index contributed by atoms with van der Waals surface area (Å²) in [5.74, 6) is -0.885. The highest BCUT2D eigenvalue weighted by Gasteiger charge is 2.26. The smallest absolute Gasteiger partial charge is 0.324 e. The van der Waals surface area contributed by atoms with Gasteiger partial charge in [-0.1, -0.05) is 24.8 Å². The highest BCUT2D eigenvalue weighted by atomic mass is 32.2. The summed E-state index contributed by atoms with van der Waals surface area (Å²) in [7, 11) is 0. The number of rotatable bonds is 6. The summed E-state index contributed by atoms with van der Waals surface area (Å²) in [6.07, 6.45) is 7.31. The number of hydrogen-bond acceptors (Lipinski definition) is 3. The molecule has 0 unspecified atom stereocenters. The van der Waals surface area contributed by atoms with Gasteiger partial charge in [0.2, 0.25) is 0 Å². The first-order chi connectivity index (χ1) is 6.94. The predicted octanol–water partition coefficient (Wildman–Crippen LogP) is 2.73. The van der Waals surface area contributed by atoms with E-state index < -0.39 is 11.5 Å². The highest BCUT2D eigenvalue weighted by molar-refractivity contribution is 8.01. The van der Waals surface area contributed by atoms with Crippen LogP contribution in [0, 0.1) is 0 Å². The lowest BCUT2D eigenvalue weighted by Crippen LogP contribution is -2.42. The third-order valence-corrected chi connectivity index (χ3v) is 2.76. The van der Waals surface area contributed by atoms with Crippen molar-refractivity contribution in [2.75, 3.05) is 0 Å². The van der Waals surface area contributed by atoms with Gasteiger partial charge in [-0.3, -0.25) is 4.79 Å². The molecular weight excluding hydrogens is 210 g/mol. The zero-order chi connectivity index (χ0) is 11.9. The van der Waals surface area contributed by atoms with Crippen molar-refractivity contribution in [3.8, 4) is 0 Å². The summed E-state index contributed by atoms with van der Waals surface area (Å²) in [5, 5.41) is 8.87. The number of hydrogen-bond donors (Lipinski definition) is 2. The van der Waals surface area contributed by atoms with Crippen LogP contribution in [0.15, 0.2) is 35.8 Å². The van der Waals surface area contributed by atoms with Gasteiger partial charge < -0.3 is 5.11 Å². The van der Waals surface area contributed by atoms with Crippen molar-refractivity contribution in [2.24, 2.45) is 0 Å². The van der Waals surface area contributed by atoms with Crippen molar-refractivity contribution in [1.82, 2.24) is 4.72 Å². The van der Waals surface area contributed by atoms with Crippen molar-refractivity contribution in [3.63, 3.8) is 0 Å². The van der Waals surface area contributed by atoms with E-state index in [0.29, 0.717) is 0 Å². The van der Waals surface area contributed by atoms with Gasteiger partial charge in [-0.25, -0.2) is 4.72 Å². The lowest BCUT2D eigenvalue weighted by molar-refractivity contribution is -0.142. The molecule has 0 atom stereocenters. The Labute approximate surface area is 95.1 Å². The topological polar surface area (TPSA) is 49.3 Å². The van der Waals surface area contributed by atoms with Crippen molar-refractivity contribution < 1.29 is 9.90 Å². The molecule has 0 rings (SSSR count). The van der Waals surface area contributed by atoms with Crippen molar-refractivity contribution >= 4 is 17.9 Å². The molecule has 0 amide bonds. The molecule has 0 spiro atoms. The Morgan fingerprint density at radius 2 is 2.13 bits per heavy atom. The molecular formula is C11H17NO2S. The molecule has 0 saturated carbocycles. The fourth-order valence-corrected chi connectivity index (χ4v) is 1.26. The summed E-state index contributed by atoms with van der Waals surface area (Å²) in [5.41, 5.74) is -0.956. The van der Waals surface area contributed by atoms with E-state index >= 15 is 0 Å². The maximum Gasteiger partial charge on any atom is 0.324 e. The average molecular weight is 227 g/mol. The zero-order valence-electron chi connectivity index (χ0n) is 9.28. The molecule has 0 radical (unpaired) electrons. The Kier molecular flexibility index (Phi) is 6.05. The quantitative estimate of drug-likeness (QED) is 0.541. The van der Waals surface area contributed by atoms with E-state index in [9.17, 15) is 4.79 Å². The molecule has 3 nitrogen and oxygen atoms in total. The van der Waals surface area contributed by atoms with Crippen LogP contribution in [0.4, 0.5) is 0 Å². The zero-order valence-corrected chi connectivity index (χ0v) is 10.1. The van der Waals surface area contributed by atoms with Gasteiger partial charge >= 0.3 is 5.97 Å². The molecule has 0 aromatic carbocycles. The Hall–Kier alpha value is -1.00. The Morgan fingerprint density at radius 1 is 1.53 bits per heavy atom. The molecule has 0 fully saturated rings. The summed E-state index contributed by atoms with van der Waals surface area (Å²) in [6.45, 7) is 8.78. The standard InChI is InChI=1S/C11H17NO2S/c1-5-7-8-9(6-2)15-12-11(3,4)10(13)14/h5-8,12H,2H2,1,3-4H3,(H,13,14)/b7-5-,9-8+. The molecule has 0 aromatic rings. The molecule has 0 aliphatic heterocycles.